The number of nitrogens with one attached hydrogen (secondary N) is 1. The number of carbonyl (C=O) groups is 1. The molecule has 0 bridgehead atoms. The van der Waals surface area contributed by atoms with Gasteiger partial charge in [0.25, 0.3) is 0 Å². The number of phenolic OH excluding ortho intramolecular Hbond substituents is 1. The maximum atomic E-state index is 16.0. The fourth-order valence-electron chi connectivity index (χ4n) is 11.0. The molecule has 3 saturated heterocycles. The molecule has 5 atom stereocenters. The second kappa shape index (κ2) is 17.7. The van der Waals surface area contributed by atoms with Gasteiger partial charge in [-0.1, -0.05) is 39.3 Å². The third-order valence-corrected chi connectivity index (χ3v) is 14.3. The summed E-state index contributed by atoms with van der Waals surface area (Å²) >= 11 is 0. The van der Waals surface area contributed by atoms with E-state index in [1.54, 1.807) is 18.2 Å². The minimum atomic E-state index is -0.997. The van der Waals surface area contributed by atoms with Crippen molar-refractivity contribution in [3.8, 4) is 29.9 Å². The zero-order valence-corrected chi connectivity index (χ0v) is 36.2. The summed E-state index contributed by atoms with van der Waals surface area (Å²) in [6.07, 6.45) is 13.6. The van der Waals surface area contributed by atoms with Crippen molar-refractivity contribution in [2.24, 2.45) is 5.41 Å². The Hall–Kier alpha value is -4.51. The highest BCUT2D eigenvalue weighted by atomic mass is 19.1. The number of likely N-dealkylation sites (tertiary alicyclic amines) is 1. The van der Waals surface area contributed by atoms with E-state index in [0.29, 0.717) is 78.2 Å². The van der Waals surface area contributed by atoms with Crippen LogP contribution in [0.3, 0.4) is 0 Å². The number of rotatable bonds is 9. The number of halogens is 2. The van der Waals surface area contributed by atoms with Crippen molar-refractivity contribution in [2.75, 3.05) is 57.5 Å². The lowest BCUT2D eigenvalue weighted by Gasteiger charge is -2.52. The standard InChI is InChI=1S/C48H62F2N6O5/c1-7-38-40(50)17-12-31-21-37(57)23-39(43(31)38)32-22-41-44(60-28-32)45(54-18-10-9-11-34(26-54)51-42(58)8-2)53-46(52-41)61-29-48(47(4,5)6)24-33(49)25-56(48)36-15-13-35(14-16-36)55-19-20-59-27-30(55)3/h1,8,12,17,21,23,30,32-36,57H,2,9-11,13-16,18-20,22,24-29H2,3-6H3,(H,51,58)/t30-,32+,33+,34?,35?,36?,48-/m0/s1. The Morgan fingerprint density at radius 2 is 1.90 bits per heavy atom. The topological polar surface area (TPSA) is 113 Å². The number of ether oxygens (including phenoxy) is 3. The molecule has 1 aromatic heterocycles. The molecule has 4 aliphatic heterocycles. The van der Waals surface area contributed by atoms with Crippen LogP contribution >= 0.6 is 0 Å². The molecule has 0 spiro atoms. The molecule has 328 valence electrons. The normalized spacial score (nSPS) is 29.0. The molecule has 1 saturated carbocycles. The van der Waals surface area contributed by atoms with E-state index in [1.807, 2.05) is 0 Å². The van der Waals surface area contributed by atoms with Gasteiger partial charge in [0, 0.05) is 74.5 Å². The largest absolute Gasteiger partial charge is 0.508 e. The molecule has 1 unspecified atom stereocenters. The monoisotopic (exact) mass is 840 g/mol. The van der Waals surface area contributed by atoms with Crippen LogP contribution in [0.1, 0.15) is 102 Å². The number of aromatic nitrogens is 2. The molecular formula is C48H62F2N6O5. The second-order valence-corrected chi connectivity index (χ2v) is 19.0. The predicted octanol–water partition coefficient (Wildman–Crippen LogP) is 7.08. The van der Waals surface area contributed by atoms with Crippen LogP contribution in [0.4, 0.5) is 14.6 Å². The lowest BCUT2D eigenvalue weighted by Crippen LogP contribution is -2.61. The zero-order valence-electron chi connectivity index (χ0n) is 36.2. The minimum absolute atomic E-state index is 0.0383. The Morgan fingerprint density at radius 3 is 2.64 bits per heavy atom. The molecule has 3 aromatic rings. The summed E-state index contributed by atoms with van der Waals surface area (Å²) in [4.78, 5) is 29.7. The van der Waals surface area contributed by atoms with Gasteiger partial charge in [0.1, 0.15) is 24.3 Å². The van der Waals surface area contributed by atoms with Gasteiger partial charge < -0.3 is 29.5 Å². The van der Waals surface area contributed by atoms with Crippen LogP contribution in [0.2, 0.25) is 0 Å². The van der Waals surface area contributed by atoms with E-state index >= 15 is 8.78 Å². The number of amides is 1. The van der Waals surface area contributed by atoms with Crippen molar-refractivity contribution in [2.45, 2.75) is 127 Å². The van der Waals surface area contributed by atoms with Crippen molar-refractivity contribution in [1.29, 1.82) is 0 Å². The average molecular weight is 841 g/mol. The smallest absolute Gasteiger partial charge is 0.318 e. The van der Waals surface area contributed by atoms with Crippen molar-refractivity contribution in [3.05, 3.63) is 59.6 Å². The number of benzene rings is 2. The number of hydrogen-bond donors (Lipinski definition) is 2. The first-order valence-corrected chi connectivity index (χ1v) is 22.3. The Bertz CT molecular complexity index is 2150. The van der Waals surface area contributed by atoms with Crippen LogP contribution in [0.5, 0.6) is 17.5 Å². The second-order valence-electron chi connectivity index (χ2n) is 19.0. The number of fused-ring (bicyclic) bond motifs is 2. The van der Waals surface area contributed by atoms with E-state index in [-0.39, 0.29) is 59.9 Å². The van der Waals surface area contributed by atoms with Gasteiger partial charge in [0.15, 0.2) is 11.6 Å². The Labute approximate surface area is 359 Å². The number of alkyl halides is 1. The Kier molecular flexibility index (Phi) is 12.5. The van der Waals surface area contributed by atoms with Crippen molar-refractivity contribution < 1.29 is 32.9 Å². The number of aromatic hydroxyl groups is 1. The molecule has 2 aromatic carbocycles. The lowest BCUT2D eigenvalue weighted by atomic mass is 9.71. The van der Waals surface area contributed by atoms with Gasteiger partial charge in [0.05, 0.1) is 36.6 Å². The first-order valence-electron chi connectivity index (χ1n) is 22.3. The SMILES string of the molecule is C#Cc1c(F)ccc2cc(O)cc([C@H]3COc4c(nc(OC[C@]5(C(C)(C)C)C[C@@H](F)CN5C5CCC(N6CCOC[C@@H]6C)CC5)nc4N4CCCCC(NC(=O)C=C)C4)C3)c12. The summed E-state index contributed by atoms with van der Waals surface area (Å²) in [7, 11) is 0. The van der Waals surface area contributed by atoms with Crippen molar-refractivity contribution in [1.82, 2.24) is 25.1 Å². The molecule has 1 amide bonds. The van der Waals surface area contributed by atoms with Gasteiger partial charge in [-0.15, -0.1) is 6.42 Å². The number of nitrogens with zero attached hydrogens (tertiary/aromatic N) is 5. The summed E-state index contributed by atoms with van der Waals surface area (Å²) in [5, 5.41) is 15.1. The van der Waals surface area contributed by atoms with E-state index in [2.05, 4.69) is 60.2 Å². The molecule has 2 N–H and O–H groups in total. The molecule has 5 heterocycles. The van der Waals surface area contributed by atoms with Gasteiger partial charge in [-0.05, 0) is 92.5 Å². The van der Waals surface area contributed by atoms with E-state index in [9.17, 15) is 9.90 Å². The summed E-state index contributed by atoms with van der Waals surface area (Å²) in [5.74, 6) is 2.58. The quantitative estimate of drug-likeness (QED) is 0.172. The molecule has 61 heavy (non-hydrogen) atoms. The highest BCUT2D eigenvalue weighted by Crippen LogP contribution is 2.49. The number of hydrogen-bond acceptors (Lipinski definition) is 10. The van der Waals surface area contributed by atoms with E-state index in [1.165, 1.54) is 12.1 Å². The number of terminal acetylenes is 1. The fraction of sp³-hybridized carbons (Fsp3) is 0.604. The van der Waals surface area contributed by atoms with E-state index in [0.717, 1.165) is 64.7 Å². The van der Waals surface area contributed by atoms with Crippen LogP contribution in [0.15, 0.2) is 36.9 Å². The summed E-state index contributed by atoms with van der Waals surface area (Å²) in [6.45, 7) is 16.9. The first-order chi connectivity index (χ1) is 29.3. The Balaban J connectivity index is 1.13. The predicted molar refractivity (Wildman–Crippen MR) is 233 cm³/mol. The van der Waals surface area contributed by atoms with E-state index in [4.69, 9.17) is 30.6 Å². The summed E-state index contributed by atoms with van der Waals surface area (Å²) in [5.41, 5.74) is 0.420. The molecule has 8 rings (SSSR count). The number of morpholine rings is 1. The van der Waals surface area contributed by atoms with Crippen LogP contribution < -0.4 is 19.7 Å². The van der Waals surface area contributed by atoms with Crippen LogP contribution in [-0.4, -0.2) is 119 Å². The number of phenols is 1. The molecule has 0 radical (unpaired) electrons. The average Bonchev–Trinajstić information content (AvgIpc) is 3.43. The molecule has 4 fully saturated rings. The molecule has 13 heteroatoms. The Morgan fingerprint density at radius 1 is 1.11 bits per heavy atom. The first kappa shape index (κ1) is 43.2. The van der Waals surface area contributed by atoms with Crippen molar-refractivity contribution in [3.63, 3.8) is 0 Å². The molecule has 5 aliphatic rings. The summed E-state index contributed by atoms with van der Waals surface area (Å²) in [6, 6.07) is 7.30. The van der Waals surface area contributed by atoms with E-state index < -0.39 is 17.5 Å². The zero-order chi connectivity index (χ0) is 43.1. The highest BCUT2D eigenvalue weighted by Gasteiger charge is 2.56. The molecule has 11 nitrogen and oxygen atoms in total. The third-order valence-electron chi connectivity index (χ3n) is 14.3. The highest BCUT2D eigenvalue weighted by molar-refractivity contribution is 5.93. The summed E-state index contributed by atoms with van der Waals surface area (Å²) < 4.78 is 50.3. The lowest BCUT2D eigenvalue weighted by molar-refractivity contribution is -0.117. The van der Waals surface area contributed by atoms with Crippen molar-refractivity contribution >= 4 is 22.5 Å². The molecular weight excluding hydrogens is 779 g/mol. The minimum Gasteiger partial charge on any atom is -0.508 e. The van der Waals surface area contributed by atoms with Crippen LogP contribution in [-0.2, 0) is 16.0 Å². The van der Waals surface area contributed by atoms with Crippen LogP contribution in [0.25, 0.3) is 10.8 Å². The number of carbonyl (C=O) groups excluding carboxylic acids is 1. The van der Waals surface area contributed by atoms with Gasteiger partial charge in [0.2, 0.25) is 5.91 Å². The van der Waals surface area contributed by atoms with Gasteiger partial charge in [-0.25, -0.2) is 8.78 Å². The van der Waals surface area contributed by atoms with Gasteiger partial charge in [-0.3, -0.25) is 14.6 Å². The molecule has 1 aliphatic carbocycles. The van der Waals surface area contributed by atoms with Crippen LogP contribution in [0, 0.1) is 23.6 Å². The maximum absolute atomic E-state index is 16.0. The number of anilines is 1. The van der Waals surface area contributed by atoms with Gasteiger partial charge >= 0.3 is 6.01 Å². The maximum Gasteiger partial charge on any atom is 0.318 e. The van der Waals surface area contributed by atoms with Gasteiger partial charge in [-0.2, -0.15) is 9.97 Å². The fourth-order valence-corrected chi connectivity index (χ4v) is 11.0. The third kappa shape index (κ3) is 8.65.